The third kappa shape index (κ3) is 1.61. The highest BCUT2D eigenvalue weighted by atomic mass is 16.6. The van der Waals surface area contributed by atoms with Crippen molar-refractivity contribution in [3.63, 3.8) is 0 Å². The van der Waals surface area contributed by atoms with E-state index in [2.05, 4.69) is 12.1 Å². The van der Waals surface area contributed by atoms with E-state index in [1.165, 1.54) is 0 Å². The molecule has 0 aromatic heterocycles. The van der Waals surface area contributed by atoms with E-state index in [1.807, 2.05) is 31.2 Å². The lowest BCUT2D eigenvalue weighted by atomic mass is 10.00. The maximum Gasteiger partial charge on any atom is 0.270 e. The summed E-state index contributed by atoms with van der Waals surface area (Å²) in [6.07, 6.45) is 0. The van der Waals surface area contributed by atoms with Crippen molar-refractivity contribution in [2.24, 2.45) is 0 Å². The van der Waals surface area contributed by atoms with Gasteiger partial charge in [0.2, 0.25) is 0 Å². The lowest BCUT2D eigenvalue weighted by Gasteiger charge is -2.05. The van der Waals surface area contributed by atoms with Crippen molar-refractivity contribution in [3.8, 4) is 0 Å². The number of aryl methyl sites for hydroxylation is 1. The summed E-state index contributed by atoms with van der Waals surface area (Å²) in [6, 6.07) is 15.4. The highest BCUT2D eigenvalue weighted by molar-refractivity contribution is 6.00. The van der Waals surface area contributed by atoms with Crippen LogP contribution in [-0.4, -0.2) is 4.92 Å². The van der Waals surface area contributed by atoms with Crippen LogP contribution in [0.3, 0.4) is 0 Å². The molecule has 18 heavy (non-hydrogen) atoms. The van der Waals surface area contributed by atoms with Crippen molar-refractivity contribution < 1.29 is 4.92 Å². The van der Waals surface area contributed by atoms with E-state index < -0.39 is 0 Å². The molecule has 3 aromatic rings. The average molecular weight is 237 g/mol. The van der Waals surface area contributed by atoms with Crippen molar-refractivity contribution in [1.82, 2.24) is 0 Å². The van der Waals surface area contributed by atoms with Gasteiger partial charge < -0.3 is 0 Å². The van der Waals surface area contributed by atoms with Gasteiger partial charge in [-0.05, 0) is 46.2 Å². The zero-order valence-corrected chi connectivity index (χ0v) is 9.88. The molecule has 0 saturated heterocycles. The fraction of sp³-hybridized carbons (Fsp3) is 0.0667. The Morgan fingerprint density at radius 3 is 2.28 bits per heavy atom. The number of nitrogens with zero attached hydrogens (tertiary/aromatic N) is 1. The molecule has 3 rings (SSSR count). The maximum absolute atomic E-state index is 10.9. The van der Waals surface area contributed by atoms with Crippen LogP contribution < -0.4 is 0 Å². The van der Waals surface area contributed by atoms with Gasteiger partial charge in [0.05, 0.1) is 4.92 Å². The van der Waals surface area contributed by atoms with E-state index in [0.29, 0.717) is 0 Å². The van der Waals surface area contributed by atoms with Gasteiger partial charge in [0.1, 0.15) is 0 Å². The van der Waals surface area contributed by atoms with Crippen molar-refractivity contribution in [2.45, 2.75) is 6.92 Å². The second-order valence-electron chi connectivity index (χ2n) is 4.44. The summed E-state index contributed by atoms with van der Waals surface area (Å²) in [6.45, 7) is 1.91. The molecule has 0 aliphatic rings. The highest BCUT2D eigenvalue weighted by Crippen LogP contribution is 2.28. The normalized spacial score (nSPS) is 10.9. The molecule has 3 heteroatoms. The standard InChI is InChI=1S/C15H11NO2/c1-10-6-14(16(17)18)8-13-7-11-4-2-3-5-12(11)9-15(10)13/h2-9H,1H3. The molecule has 88 valence electrons. The quantitative estimate of drug-likeness (QED) is 0.361. The number of fused-ring (bicyclic) bond motifs is 2. The topological polar surface area (TPSA) is 43.1 Å². The van der Waals surface area contributed by atoms with E-state index in [-0.39, 0.29) is 10.6 Å². The second kappa shape index (κ2) is 3.81. The summed E-state index contributed by atoms with van der Waals surface area (Å²) in [5.41, 5.74) is 1.08. The minimum atomic E-state index is -0.346. The Kier molecular flexibility index (Phi) is 2.27. The van der Waals surface area contributed by atoms with Crippen molar-refractivity contribution in [2.75, 3.05) is 0 Å². The first-order valence-corrected chi connectivity index (χ1v) is 5.73. The molecule has 3 aromatic carbocycles. The third-order valence-corrected chi connectivity index (χ3v) is 3.22. The van der Waals surface area contributed by atoms with E-state index in [4.69, 9.17) is 0 Å². The Bertz CT molecular complexity index is 778. The van der Waals surface area contributed by atoms with Gasteiger partial charge in [-0.2, -0.15) is 0 Å². The summed E-state index contributed by atoms with van der Waals surface area (Å²) in [4.78, 5) is 10.5. The van der Waals surface area contributed by atoms with Crippen LogP contribution in [0.5, 0.6) is 0 Å². The number of nitro groups is 1. The van der Waals surface area contributed by atoms with Crippen molar-refractivity contribution in [3.05, 3.63) is 64.2 Å². The van der Waals surface area contributed by atoms with Gasteiger partial charge in [0.25, 0.3) is 5.69 Å². The fourth-order valence-corrected chi connectivity index (χ4v) is 2.32. The lowest BCUT2D eigenvalue weighted by molar-refractivity contribution is -0.384. The van der Waals surface area contributed by atoms with Crippen molar-refractivity contribution in [1.29, 1.82) is 0 Å². The smallest absolute Gasteiger partial charge is 0.258 e. The molecule has 0 spiro atoms. The van der Waals surface area contributed by atoms with Crippen LogP contribution in [0.4, 0.5) is 5.69 Å². The number of hydrogen-bond acceptors (Lipinski definition) is 2. The molecular weight excluding hydrogens is 226 g/mol. The van der Waals surface area contributed by atoms with Gasteiger partial charge in [0, 0.05) is 12.1 Å². The predicted octanol–water partition coefficient (Wildman–Crippen LogP) is 4.21. The summed E-state index contributed by atoms with van der Waals surface area (Å²) < 4.78 is 0. The molecule has 0 atom stereocenters. The van der Waals surface area contributed by atoms with Crippen LogP contribution >= 0.6 is 0 Å². The molecule has 0 fully saturated rings. The van der Waals surface area contributed by atoms with Crippen molar-refractivity contribution >= 4 is 27.2 Å². The van der Waals surface area contributed by atoms with Gasteiger partial charge in [-0.3, -0.25) is 10.1 Å². The SMILES string of the molecule is Cc1cc([N+](=O)[O-])cc2cc3ccccc3cc12. The van der Waals surface area contributed by atoms with Crippen LogP contribution in [0, 0.1) is 17.0 Å². The molecule has 3 nitrogen and oxygen atoms in total. The predicted molar refractivity (Wildman–Crippen MR) is 72.8 cm³/mol. The molecule has 0 aliphatic heterocycles. The van der Waals surface area contributed by atoms with E-state index in [9.17, 15) is 10.1 Å². The average Bonchev–Trinajstić information content (AvgIpc) is 2.36. The molecule has 0 aliphatic carbocycles. The minimum absolute atomic E-state index is 0.148. The van der Waals surface area contributed by atoms with Crippen LogP contribution in [0.1, 0.15) is 5.56 Å². The third-order valence-electron chi connectivity index (χ3n) is 3.22. The summed E-state index contributed by atoms with van der Waals surface area (Å²) in [7, 11) is 0. The van der Waals surface area contributed by atoms with E-state index in [0.717, 1.165) is 27.1 Å². The molecule has 0 radical (unpaired) electrons. The van der Waals surface area contributed by atoms with E-state index >= 15 is 0 Å². The van der Waals surface area contributed by atoms with Gasteiger partial charge in [0.15, 0.2) is 0 Å². The zero-order chi connectivity index (χ0) is 12.7. The molecule has 0 saturated carbocycles. The largest absolute Gasteiger partial charge is 0.270 e. The summed E-state index contributed by atoms with van der Waals surface area (Å²) in [5.74, 6) is 0. The second-order valence-corrected chi connectivity index (χ2v) is 4.44. The maximum atomic E-state index is 10.9. The van der Waals surface area contributed by atoms with Gasteiger partial charge in [-0.1, -0.05) is 24.3 Å². The number of hydrogen-bond donors (Lipinski definition) is 0. The molecular formula is C15H11NO2. The van der Waals surface area contributed by atoms with Crippen LogP contribution in [0.25, 0.3) is 21.5 Å². The first-order chi connectivity index (χ1) is 8.65. The number of rotatable bonds is 1. The summed E-state index contributed by atoms with van der Waals surface area (Å²) >= 11 is 0. The van der Waals surface area contributed by atoms with Gasteiger partial charge >= 0.3 is 0 Å². The molecule has 0 N–H and O–H groups in total. The lowest BCUT2D eigenvalue weighted by Crippen LogP contribution is -1.89. The first kappa shape index (κ1) is 10.7. The highest BCUT2D eigenvalue weighted by Gasteiger charge is 2.09. The van der Waals surface area contributed by atoms with Gasteiger partial charge in [-0.25, -0.2) is 0 Å². The number of nitro benzene ring substituents is 1. The fourth-order valence-electron chi connectivity index (χ4n) is 2.32. The molecule has 0 amide bonds. The first-order valence-electron chi connectivity index (χ1n) is 5.73. The Hall–Kier alpha value is -2.42. The molecule has 0 bridgehead atoms. The van der Waals surface area contributed by atoms with Crippen LogP contribution in [-0.2, 0) is 0 Å². The Morgan fingerprint density at radius 1 is 0.944 bits per heavy atom. The number of non-ortho nitro benzene ring substituents is 1. The number of benzene rings is 3. The molecule has 0 heterocycles. The zero-order valence-electron chi connectivity index (χ0n) is 9.88. The molecule has 0 unspecified atom stereocenters. The van der Waals surface area contributed by atoms with Crippen LogP contribution in [0.15, 0.2) is 48.5 Å². The minimum Gasteiger partial charge on any atom is -0.258 e. The Morgan fingerprint density at radius 2 is 1.61 bits per heavy atom. The monoisotopic (exact) mass is 237 g/mol. The summed E-state index contributed by atoms with van der Waals surface area (Å²) in [5, 5.41) is 15.1. The Balaban J connectivity index is 2.42. The van der Waals surface area contributed by atoms with Gasteiger partial charge in [-0.15, -0.1) is 0 Å². The van der Waals surface area contributed by atoms with E-state index in [1.54, 1.807) is 12.1 Å². The van der Waals surface area contributed by atoms with Crippen LogP contribution in [0.2, 0.25) is 0 Å². The Labute approximate surface area is 104 Å².